The van der Waals surface area contributed by atoms with E-state index in [2.05, 4.69) is 21.6 Å². The highest BCUT2D eigenvalue weighted by atomic mass is 15.5. The number of nitrogens with zero attached hydrogens (tertiary/aromatic N) is 5. The van der Waals surface area contributed by atoms with Crippen molar-refractivity contribution in [1.29, 1.82) is 5.26 Å². The Morgan fingerprint density at radius 3 is 3.36 bits per heavy atom. The maximum Gasteiger partial charge on any atom is 0.151 e. The molecule has 0 amide bonds. The van der Waals surface area contributed by atoms with Crippen LogP contribution in [-0.2, 0) is 6.42 Å². The monoisotopic (exact) mass is 191 g/mol. The Kier molecular flexibility index (Phi) is 2.73. The molecule has 1 aromatic heterocycles. The first kappa shape index (κ1) is 9.13. The lowest BCUT2D eigenvalue weighted by Gasteiger charge is -2.21. The summed E-state index contributed by atoms with van der Waals surface area (Å²) in [6.07, 6.45) is 5.89. The fourth-order valence-electron chi connectivity index (χ4n) is 1.96. The molecule has 2 heterocycles. The Bertz CT molecular complexity index is 337. The quantitative estimate of drug-likeness (QED) is 0.674. The summed E-state index contributed by atoms with van der Waals surface area (Å²) >= 11 is 0. The first-order chi connectivity index (χ1) is 6.92. The highest BCUT2D eigenvalue weighted by molar-refractivity contribution is 4.89. The van der Waals surface area contributed by atoms with Crippen molar-refractivity contribution < 1.29 is 0 Å². The highest BCUT2D eigenvalue weighted by Crippen LogP contribution is 2.26. The molecule has 0 bridgehead atoms. The third kappa shape index (κ3) is 1.74. The maximum atomic E-state index is 8.45. The Labute approximate surface area is 82.7 Å². The van der Waals surface area contributed by atoms with Gasteiger partial charge in [-0.1, -0.05) is 0 Å². The van der Waals surface area contributed by atoms with Crippen LogP contribution in [0.25, 0.3) is 0 Å². The highest BCUT2D eigenvalue weighted by Gasteiger charge is 2.21. The topological polar surface area (TPSA) is 67.4 Å². The molecular weight excluding hydrogens is 178 g/mol. The standard InChI is InChI=1S/C9H13N5/c10-7-2-1-4-8-5-3-6-9-11-12-13-14(8)9/h8H,1-6H2. The minimum Gasteiger partial charge on any atom is -0.227 e. The summed E-state index contributed by atoms with van der Waals surface area (Å²) in [5, 5.41) is 20.1. The Morgan fingerprint density at radius 1 is 1.57 bits per heavy atom. The maximum absolute atomic E-state index is 8.45. The Hall–Kier alpha value is -1.44. The lowest BCUT2D eigenvalue weighted by molar-refractivity contribution is 0.333. The molecule has 1 atom stereocenters. The lowest BCUT2D eigenvalue weighted by atomic mass is 10.0. The van der Waals surface area contributed by atoms with E-state index >= 15 is 0 Å². The van der Waals surface area contributed by atoms with E-state index in [1.54, 1.807) is 0 Å². The van der Waals surface area contributed by atoms with Gasteiger partial charge in [0, 0.05) is 12.8 Å². The van der Waals surface area contributed by atoms with Crippen LogP contribution in [0.3, 0.4) is 0 Å². The van der Waals surface area contributed by atoms with Crippen molar-refractivity contribution in [1.82, 2.24) is 20.2 Å². The van der Waals surface area contributed by atoms with Gasteiger partial charge in [0.15, 0.2) is 5.82 Å². The van der Waals surface area contributed by atoms with Crippen LogP contribution in [-0.4, -0.2) is 20.2 Å². The molecule has 1 aliphatic heterocycles. The van der Waals surface area contributed by atoms with E-state index in [1.807, 2.05) is 4.68 Å². The zero-order valence-corrected chi connectivity index (χ0v) is 8.06. The summed E-state index contributed by atoms with van der Waals surface area (Å²) in [4.78, 5) is 0. The zero-order valence-electron chi connectivity index (χ0n) is 8.06. The summed E-state index contributed by atoms with van der Waals surface area (Å²) in [5.41, 5.74) is 0. The van der Waals surface area contributed by atoms with Gasteiger partial charge in [-0.05, 0) is 36.1 Å². The summed E-state index contributed by atoms with van der Waals surface area (Å²) < 4.78 is 1.93. The largest absolute Gasteiger partial charge is 0.227 e. The van der Waals surface area contributed by atoms with Crippen molar-refractivity contribution in [2.75, 3.05) is 0 Å². The molecule has 0 aromatic carbocycles. The van der Waals surface area contributed by atoms with Gasteiger partial charge in [-0.2, -0.15) is 5.26 Å². The third-order valence-corrected chi connectivity index (χ3v) is 2.67. The fourth-order valence-corrected chi connectivity index (χ4v) is 1.96. The third-order valence-electron chi connectivity index (χ3n) is 2.67. The molecule has 0 aliphatic carbocycles. The number of rotatable bonds is 3. The first-order valence-corrected chi connectivity index (χ1v) is 5.05. The molecule has 0 saturated carbocycles. The SMILES string of the molecule is N#CCCCC1CCCc2nnnn21. The van der Waals surface area contributed by atoms with Crippen molar-refractivity contribution in [2.24, 2.45) is 0 Å². The summed E-state index contributed by atoms with van der Waals surface area (Å²) in [5.74, 6) is 0.998. The smallest absolute Gasteiger partial charge is 0.151 e. The van der Waals surface area contributed by atoms with E-state index in [1.165, 1.54) is 0 Å². The minimum atomic E-state index is 0.419. The molecule has 14 heavy (non-hydrogen) atoms. The lowest BCUT2D eigenvalue weighted by Crippen LogP contribution is -2.19. The number of aromatic nitrogens is 4. The van der Waals surface area contributed by atoms with E-state index in [4.69, 9.17) is 5.26 Å². The molecule has 5 nitrogen and oxygen atoms in total. The molecule has 0 saturated heterocycles. The first-order valence-electron chi connectivity index (χ1n) is 5.05. The molecule has 74 valence electrons. The Balaban J connectivity index is 1.99. The number of nitriles is 1. The van der Waals surface area contributed by atoms with Crippen molar-refractivity contribution in [3.8, 4) is 6.07 Å². The Morgan fingerprint density at radius 2 is 2.50 bits per heavy atom. The van der Waals surface area contributed by atoms with Crippen LogP contribution in [0.15, 0.2) is 0 Å². The van der Waals surface area contributed by atoms with Crippen molar-refractivity contribution in [3.05, 3.63) is 5.82 Å². The van der Waals surface area contributed by atoms with E-state index in [-0.39, 0.29) is 0 Å². The number of hydrogen-bond acceptors (Lipinski definition) is 4. The molecule has 2 rings (SSSR count). The molecule has 5 heteroatoms. The van der Waals surface area contributed by atoms with Gasteiger partial charge in [-0.15, -0.1) is 5.10 Å². The van der Waals surface area contributed by atoms with Crippen LogP contribution < -0.4 is 0 Å². The second-order valence-corrected chi connectivity index (χ2v) is 3.64. The van der Waals surface area contributed by atoms with Crippen LogP contribution in [0.5, 0.6) is 0 Å². The van der Waals surface area contributed by atoms with Crippen LogP contribution in [0.2, 0.25) is 0 Å². The van der Waals surface area contributed by atoms with Gasteiger partial charge in [0.2, 0.25) is 0 Å². The fraction of sp³-hybridized carbons (Fsp3) is 0.778. The molecular formula is C9H13N5. The molecule has 0 radical (unpaired) electrons. The van der Waals surface area contributed by atoms with Crippen molar-refractivity contribution in [3.63, 3.8) is 0 Å². The van der Waals surface area contributed by atoms with Crippen LogP contribution in [0.1, 0.15) is 44.0 Å². The van der Waals surface area contributed by atoms with E-state index in [9.17, 15) is 0 Å². The molecule has 1 unspecified atom stereocenters. The number of fused-ring (bicyclic) bond motifs is 1. The normalized spacial score (nSPS) is 20.1. The minimum absolute atomic E-state index is 0.419. The van der Waals surface area contributed by atoms with Crippen molar-refractivity contribution in [2.45, 2.75) is 44.6 Å². The summed E-state index contributed by atoms with van der Waals surface area (Å²) in [6.45, 7) is 0. The van der Waals surface area contributed by atoms with Crippen LogP contribution in [0.4, 0.5) is 0 Å². The second-order valence-electron chi connectivity index (χ2n) is 3.64. The van der Waals surface area contributed by atoms with E-state index in [0.717, 1.165) is 37.9 Å². The average molecular weight is 191 g/mol. The predicted molar refractivity (Wildman–Crippen MR) is 49.3 cm³/mol. The van der Waals surface area contributed by atoms with Gasteiger partial charge >= 0.3 is 0 Å². The van der Waals surface area contributed by atoms with Gasteiger partial charge in [-0.3, -0.25) is 0 Å². The molecule has 0 spiro atoms. The molecule has 1 aliphatic rings. The zero-order chi connectivity index (χ0) is 9.80. The number of unbranched alkanes of at least 4 members (excludes halogenated alkanes) is 1. The predicted octanol–water partition coefficient (Wildman–Crippen LogP) is 1.24. The van der Waals surface area contributed by atoms with Crippen molar-refractivity contribution >= 4 is 0 Å². The van der Waals surface area contributed by atoms with E-state index in [0.29, 0.717) is 12.5 Å². The second kappa shape index (κ2) is 4.18. The van der Waals surface area contributed by atoms with Crippen LogP contribution >= 0.6 is 0 Å². The number of tetrazole rings is 1. The average Bonchev–Trinajstić information content (AvgIpc) is 2.67. The molecule has 0 fully saturated rings. The van der Waals surface area contributed by atoms with Gasteiger partial charge < -0.3 is 0 Å². The summed E-state index contributed by atoms with van der Waals surface area (Å²) in [7, 11) is 0. The number of aryl methyl sites for hydroxylation is 1. The molecule has 0 N–H and O–H groups in total. The van der Waals surface area contributed by atoms with Gasteiger partial charge in [0.25, 0.3) is 0 Å². The van der Waals surface area contributed by atoms with Crippen LogP contribution in [0, 0.1) is 11.3 Å². The molecule has 1 aromatic rings. The van der Waals surface area contributed by atoms with E-state index < -0.39 is 0 Å². The number of hydrogen-bond donors (Lipinski definition) is 0. The van der Waals surface area contributed by atoms with Gasteiger partial charge in [-0.25, -0.2) is 4.68 Å². The van der Waals surface area contributed by atoms with Gasteiger partial charge in [0.1, 0.15) is 0 Å². The van der Waals surface area contributed by atoms with Gasteiger partial charge in [0.05, 0.1) is 12.1 Å². The summed E-state index contributed by atoms with van der Waals surface area (Å²) in [6, 6.07) is 2.58.